The smallest absolute Gasteiger partial charge is 0.309 e. The molecule has 0 spiro atoms. The van der Waals surface area contributed by atoms with E-state index >= 15 is 0 Å². The molecule has 0 atom stereocenters. The van der Waals surface area contributed by atoms with Gasteiger partial charge in [-0.2, -0.15) is 0 Å². The Hall–Kier alpha value is -2.86. The van der Waals surface area contributed by atoms with Crippen LogP contribution in [0.2, 0.25) is 5.15 Å². The molecule has 27 heavy (non-hydrogen) atoms. The highest BCUT2D eigenvalue weighted by molar-refractivity contribution is 6.29. The van der Waals surface area contributed by atoms with Crippen LogP contribution in [-0.4, -0.2) is 28.4 Å². The van der Waals surface area contributed by atoms with Crippen molar-refractivity contribution in [1.29, 1.82) is 0 Å². The Labute approximate surface area is 164 Å². The molecule has 1 aromatic carbocycles. The number of nitrogens with zero attached hydrogens (tertiary/aromatic N) is 3. The van der Waals surface area contributed by atoms with Crippen LogP contribution in [0.15, 0.2) is 60.2 Å². The fourth-order valence-electron chi connectivity index (χ4n) is 2.69. The summed E-state index contributed by atoms with van der Waals surface area (Å²) in [5, 5.41) is 15.1. The fraction of sp³-hybridized carbons (Fsp3) is 0.250. The first-order chi connectivity index (χ1) is 12.9. The molecule has 0 bridgehead atoms. The topological polar surface area (TPSA) is 71.3 Å². The summed E-state index contributed by atoms with van der Waals surface area (Å²) in [5.74, 6) is 0.446. The lowest BCUT2D eigenvalue weighted by Gasteiger charge is -2.25. The monoisotopic (exact) mass is 386 g/mol. The minimum Gasteiger partial charge on any atom is -0.369 e. The number of rotatable bonds is 8. The van der Waals surface area contributed by atoms with Gasteiger partial charge >= 0.3 is 5.70 Å². The van der Waals surface area contributed by atoms with Crippen LogP contribution in [0, 0.1) is 17.0 Å². The molecule has 142 valence electrons. The summed E-state index contributed by atoms with van der Waals surface area (Å²) >= 11 is 5.83. The summed E-state index contributed by atoms with van der Waals surface area (Å²) in [6.07, 6.45) is 4.95. The molecule has 1 aromatic heterocycles. The number of aromatic nitrogens is 1. The van der Waals surface area contributed by atoms with Crippen molar-refractivity contribution >= 4 is 17.7 Å². The third kappa shape index (κ3) is 5.82. The highest BCUT2D eigenvalue weighted by atomic mass is 35.5. The van der Waals surface area contributed by atoms with Crippen molar-refractivity contribution in [2.45, 2.75) is 20.4 Å². The van der Waals surface area contributed by atoms with Gasteiger partial charge in [-0.25, -0.2) is 4.98 Å². The maximum Gasteiger partial charge on any atom is 0.309 e. The summed E-state index contributed by atoms with van der Waals surface area (Å²) in [6.45, 7) is 5.00. The maximum atomic E-state index is 11.7. The van der Waals surface area contributed by atoms with Gasteiger partial charge in [0.15, 0.2) is 5.82 Å². The number of allylic oxidation sites excluding steroid dienone is 1. The van der Waals surface area contributed by atoms with Gasteiger partial charge in [0.1, 0.15) is 5.15 Å². The van der Waals surface area contributed by atoms with E-state index in [1.54, 1.807) is 25.4 Å². The van der Waals surface area contributed by atoms with Gasteiger partial charge in [-0.15, -0.1) is 0 Å². The van der Waals surface area contributed by atoms with Crippen molar-refractivity contribution in [3.63, 3.8) is 0 Å². The summed E-state index contributed by atoms with van der Waals surface area (Å²) in [7, 11) is 1.68. The molecule has 0 radical (unpaired) electrons. The number of hydrogen-bond acceptors (Lipinski definition) is 5. The lowest BCUT2D eigenvalue weighted by atomic mass is 10.1. The fourth-order valence-corrected chi connectivity index (χ4v) is 2.80. The minimum absolute atomic E-state index is 0.00257. The van der Waals surface area contributed by atoms with Crippen molar-refractivity contribution in [3.8, 4) is 0 Å². The second-order valence-corrected chi connectivity index (χ2v) is 6.38. The number of nitrogens with one attached hydrogen (secondary N) is 1. The number of halogens is 1. The van der Waals surface area contributed by atoms with Crippen LogP contribution in [0.1, 0.15) is 23.6 Å². The van der Waals surface area contributed by atoms with Crippen LogP contribution in [0.4, 0.5) is 0 Å². The second kappa shape index (κ2) is 9.73. The van der Waals surface area contributed by atoms with Crippen LogP contribution >= 0.6 is 11.6 Å². The molecule has 0 aliphatic carbocycles. The van der Waals surface area contributed by atoms with Gasteiger partial charge in [0.2, 0.25) is 0 Å². The molecule has 1 N–H and O–H groups in total. The summed E-state index contributed by atoms with van der Waals surface area (Å²) in [4.78, 5) is 17.3. The van der Waals surface area contributed by atoms with Crippen LogP contribution in [-0.2, 0) is 6.54 Å². The molecule has 2 rings (SSSR count). The van der Waals surface area contributed by atoms with Gasteiger partial charge in [-0.05, 0) is 37.1 Å². The SMILES string of the molecule is CCN(Cc1ccc(Cl)nc1)C(NC)=C(C=Cc1cccc(C)c1)[N+](=O)[O-]. The van der Waals surface area contributed by atoms with Crippen LogP contribution in [0.25, 0.3) is 6.08 Å². The van der Waals surface area contributed by atoms with Gasteiger partial charge in [0.25, 0.3) is 0 Å². The molecule has 0 saturated heterocycles. The Morgan fingerprint density at radius 2 is 2.15 bits per heavy atom. The van der Waals surface area contributed by atoms with E-state index in [0.717, 1.165) is 16.7 Å². The lowest BCUT2D eigenvalue weighted by Crippen LogP contribution is -2.32. The zero-order valence-electron chi connectivity index (χ0n) is 15.6. The van der Waals surface area contributed by atoms with Gasteiger partial charge in [0, 0.05) is 32.4 Å². The third-order valence-corrected chi connectivity index (χ3v) is 4.24. The van der Waals surface area contributed by atoms with Gasteiger partial charge in [-0.1, -0.05) is 47.5 Å². The number of nitro groups is 1. The van der Waals surface area contributed by atoms with Gasteiger partial charge in [-0.3, -0.25) is 10.1 Å². The highest BCUT2D eigenvalue weighted by Crippen LogP contribution is 2.16. The molecular weight excluding hydrogens is 364 g/mol. The average Bonchev–Trinajstić information content (AvgIpc) is 2.65. The number of hydrogen-bond donors (Lipinski definition) is 1. The normalized spacial score (nSPS) is 12.0. The van der Waals surface area contributed by atoms with Crippen molar-refractivity contribution in [3.05, 3.63) is 92.1 Å². The molecule has 0 aliphatic heterocycles. The lowest BCUT2D eigenvalue weighted by molar-refractivity contribution is -0.421. The predicted molar refractivity (Wildman–Crippen MR) is 109 cm³/mol. The van der Waals surface area contributed by atoms with Crippen LogP contribution < -0.4 is 5.32 Å². The predicted octanol–water partition coefficient (Wildman–Crippen LogP) is 4.24. The molecule has 0 unspecified atom stereocenters. The molecular formula is C20H23ClN4O2. The largest absolute Gasteiger partial charge is 0.369 e. The Morgan fingerprint density at radius 3 is 2.70 bits per heavy atom. The van der Waals surface area contributed by atoms with E-state index in [1.807, 2.05) is 49.1 Å². The van der Waals surface area contributed by atoms with E-state index in [-0.39, 0.29) is 10.6 Å². The molecule has 1 heterocycles. The first-order valence-corrected chi connectivity index (χ1v) is 8.99. The van der Waals surface area contributed by atoms with E-state index in [1.165, 1.54) is 6.08 Å². The first-order valence-electron chi connectivity index (χ1n) is 8.61. The summed E-state index contributed by atoms with van der Waals surface area (Å²) in [5.41, 5.74) is 2.93. The van der Waals surface area contributed by atoms with E-state index in [2.05, 4.69) is 10.3 Å². The quantitative estimate of drug-likeness (QED) is 0.318. The van der Waals surface area contributed by atoms with E-state index in [9.17, 15) is 10.1 Å². The van der Waals surface area contributed by atoms with Crippen LogP contribution in [0.5, 0.6) is 0 Å². The highest BCUT2D eigenvalue weighted by Gasteiger charge is 2.20. The molecule has 0 saturated carbocycles. The Bertz CT molecular complexity index is 847. The van der Waals surface area contributed by atoms with Gasteiger partial charge < -0.3 is 10.2 Å². The maximum absolute atomic E-state index is 11.7. The van der Waals surface area contributed by atoms with Crippen molar-refractivity contribution in [2.24, 2.45) is 0 Å². The Balaban J connectivity index is 2.36. The molecule has 0 fully saturated rings. The average molecular weight is 387 g/mol. The van der Waals surface area contributed by atoms with Gasteiger partial charge in [0.05, 0.1) is 4.92 Å². The van der Waals surface area contributed by atoms with Crippen molar-refractivity contribution in [2.75, 3.05) is 13.6 Å². The van der Waals surface area contributed by atoms with Crippen molar-refractivity contribution in [1.82, 2.24) is 15.2 Å². The van der Waals surface area contributed by atoms with Crippen LogP contribution in [0.3, 0.4) is 0 Å². The van der Waals surface area contributed by atoms with E-state index in [4.69, 9.17) is 11.6 Å². The minimum atomic E-state index is -0.374. The Kier molecular flexibility index (Phi) is 7.37. The zero-order chi connectivity index (χ0) is 19.8. The summed E-state index contributed by atoms with van der Waals surface area (Å²) in [6, 6.07) is 11.4. The first kappa shape index (κ1) is 20.5. The van der Waals surface area contributed by atoms with Crippen molar-refractivity contribution < 1.29 is 4.92 Å². The Morgan fingerprint density at radius 1 is 1.37 bits per heavy atom. The van der Waals surface area contributed by atoms with E-state index < -0.39 is 0 Å². The third-order valence-electron chi connectivity index (χ3n) is 4.01. The molecule has 0 amide bonds. The van der Waals surface area contributed by atoms with E-state index in [0.29, 0.717) is 24.1 Å². The number of pyridine rings is 1. The number of aryl methyl sites for hydroxylation is 1. The molecule has 0 aliphatic rings. The summed E-state index contributed by atoms with van der Waals surface area (Å²) < 4.78 is 0. The number of benzene rings is 1. The zero-order valence-corrected chi connectivity index (χ0v) is 16.4. The molecule has 2 aromatic rings. The molecule has 7 heteroatoms. The standard InChI is InChI=1S/C20H23ClN4O2/c1-4-24(14-17-9-11-19(21)23-13-17)20(22-3)18(25(26)27)10-8-16-7-5-6-15(2)12-16/h5-13,22H,4,14H2,1-3H3. The molecule has 6 nitrogen and oxygen atoms in total. The second-order valence-electron chi connectivity index (χ2n) is 5.99.